The molecule has 2 aliphatic heterocycles. The van der Waals surface area contributed by atoms with Crippen molar-refractivity contribution in [2.45, 2.75) is 88.3 Å². The van der Waals surface area contributed by atoms with E-state index in [4.69, 9.17) is 4.74 Å². The Kier molecular flexibility index (Phi) is 4.86. The van der Waals surface area contributed by atoms with Crippen LogP contribution in [0, 0.1) is 17.8 Å². The van der Waals surface area contributed by atoms with Gasteiger partial charge in [-0.15, -0.1) is 0 Å². The Morgan fingerprint density at radius 2 is 1.82 bits per heavy atom. The lowest BCUT2D eigenvalue weighted by Gasteiger charge is -2.34. The summed E-state index contributed by atoms with van der Waals surface area (Å²) < 4.78 is 19.5. The maximum atomic E-state index is 13.4. The minimum absolute atomic E-state index is 0.0429. The second kappa shape index (κ2) is 7.24. The fraction of sp³-hybridized carbons (Fsp3) is 0.905. The van der Waals surface area contributed by atoms with Crippen molar-refractivity contribution in [2.24, 2.45) is 17.8 Å². The third kappa shape index (κ3) is 3.05. The second-order valence-electron chi connectivity index (χ2n) is 9.59. The molecule has 1 spiro atoms. The summed E-state index contributed by atoms with van der Waals surface area (Å²) in [5, 5.41) is 6.42. The fourth-order valence-electron chi connectivity index (χ4n) is 6.59. The van der Waals surface area contributed by atoms with Gasteiger partial charge < -0.3 is 10.1 Å². The first-order valence-electron chi connectivity index (χ1n) is 11.2. The van der Waals surface area contributed by atoms with E-state index < -0.39 is 11.7 Å². The third-order valence-corrected chi connectivity index (χ3v) is 8.11. The topological polar surface area (TPSA) is 70.7 Å². The standard InChI is InChI=1S/C21H32FN3O3/c22-15-7-5-14(6-8-15)17-11-23-18(28-17)12-25-19(26)21(24-20(25)27)10-9-13-3-1-2-4-16(13)21/h13-18,23H,1-12H2,(H,24,27). The molecular formula is C21H32FN3O3. The Labute approximate surface area is 165 Å². The van der Waals surface area contributed by atoms with Gasteiger partial charge in [-0.1, -0.05) is 19.3 Å². The van der Waals surface area contributed by atoms with Crippen molar-refractivity contribution in [3.05, 3.63) is 0 Å². The SMILES string of the molecule is O=C1NC2(CCC3CCCCC32)C(=O)N1CC1NCC(C2CCC(F)CC2)O1. The zero-order chi connectivity index (χ0) is 19.3. The van der Waals surface area contributed by atoms with Crippen LogP contribution in [0.3, 0.4) is 0 Å². The van der Waals surface area contributed by atoms with Gasteiger partial charge in [0, 0.05) is 6.54 Å². The predicted molar refractivity (Wildman–Crippen MR) is 101 cm³/mol. The van der Waals surface area contributed by atoms with Gasteiger partial charge in [-0.3, -0.25) is 15.0 Å². The van der Waals surface area contributed by atoms with E-state index >= 15 is 0 Å². The molecular weight excluding hydrogens is 361 g/mol. The van der Waals surface area contributed by atoms with E-state index in [2.05, 4.69) is 10.6 Å². The molecule has 0 aromatic rings. The summed E-state index contributed by atoms with van der Waals surface area (Å²) in [5.74, 6) is 1.20. The number of nitrogens with zero attached hydrogens (tertiary/aromatic N) is 1. The number of carbonyl (C=O) groups is 2. The van der Waals surface area contributed by atoms with Crippen LogP contribution in [0.2, 0.25) is 0 Å². The lowest BCUT2D eigenvalue weighted by atomic mass is 9.74. The molecule has 3 saturated carbocycles. The minimum Gasteiger partial charge on any atom is -0.357 e. The highest BCUT2D eigenvalue weighted by Gasteiger charge is 2.61. The van der Waals surface area contributed by atoms with E-state index in [0.29, 0.717) is 37.1 Å². The number of rotatable bonds is 3. The van der Waals surface area contributed by atoms with Gasteiger partial charge in [0.25, 0.3) is 5.91 Å². The molecule has 7 heteroatoms. The molecule has 0 aromatic carbocycles. The Hall–Kier alpha value is -1.21. The molecule has 3 aliphatic carbocycles. The van der Waals surface area contributed by atoms with Crippen LogP contribution in [0.25, 0.3) is 0 Å². The van der Waals surface area contributed by atoms with Crippen molar-refractivity contribution >= 4 is 11.9 Å². The van der Waals surface area contributed by atoms with Gasteiger partial charge in [0.2, 0.25) is 0 Å². The van der Waals surface area contributed by atoms with Crippen molar-refractivity contribution in [2.75, 3.05) is 13.1 Å². The van der Waals surface area contributed by atoms with Gasteiger partial charge in [-0.2, -0.15) is 0 Å². The molecule has 0 bridgehead atoms. The smallest absolute Gasteiger partial charge is 0.325 e. The van der Waals surface area contributed by atoms with Gasteiger partial charge in [-0.05, 0) is 62.7 Å². The van der Waals surface area contributed by atoms with Crippen molar-refractivity contribution in [1.82, 2.24) is 15.5 Å². The number of fused-ring (bicyclic) bond motifs is 2. The van der Waals surface area contributed by atoms with Crippen LogP contribution < -0.4 is 10.6 Å². The lowest BCUT2D eigenvalue weighted by molar-refractivity contribution is -0.134. The quantitative estimate of drug-likeness (QED) is 0.724. The largest absolute Gasteiger partial charge is 0.357 e. The maximum absolute atomic E-state index is 13.4. The first-order valence-corrected chi connectivity index (χ1v) is 11.2. The summed E-state index contributed by atoms with van der Waals surface area (Å²) in [6.07, 6.45) is 8.47. The molecule has 28 heavy (non-hydrogen) atoms. The Balaban J connectivity index is 1.22. The van der Waals surface area contributed by atoms with Crippen LogP contribution in [0.5, 0.6) is 0 Å². The molecule has 0 aromatic heterocycles. The summed E-state index contributed by atoms with van der Waals surface area (Å²) in [7, 11) is 0. The molecule has 156 valence electrons. The molecule has 5 rings (SSSR count). The predicted octanol–water partition coefficient (Wildman–Crippen LogP) is 2.72. The molecule has 5 atom stereocenters. The number of hydrogen-bond donors (Lipinski definition) is 2. The van der Waals surface area contributed by atoms with Crippen molar-refractivity contribution in [1.29, 1.82) is 0 Å². The van der Waals surface area contributed by atoms with Crippen molar-refractivity contribution < 1.29 is 18.7 Å². The molecule has 3 amide bonds. The number of ether oxygens (including phenoxy) is 1. The maximum Gasteiger partial charge on any atom is 0.325 e. The number of amides is 3. The number of imide groups is 1. The molecule has 5 fully saturated rings. The number of nitrogens with one attached hydrogen (secondary N) is 2. The molecule has 2 saturated heterocycles. The van der Waals surface area contributed by atoms with Crippen LogP contribution in [-0.2, 0) is 9.53 Å². The Morgan fingerprint density at radius 1 is 1.04 bits per heavy atom. The summed E-state index contributed by atoms with van der Waals surface area (Å²) in [6.45, 7) is 0.977. The molecule has 5 unspecified atom stereocenters. The number of carbonyl (C=O) groups excluding carboxylic acids is 2. The first-order chi connectivity index (χ1) is 13.6. The van der Waals surface area contributed by atoms with E-state index in [0.717, 1.165) is 38.5 Å². The van der Waals surface area contributed by atoms with Gasteiger partial charge in [0.15, 0.2) is 0 Å². The normalized spacial score (nSPS) is 46.2. The lowest BCUT2D eigenvalue weighted by Crippen LogP contribution is -2.52. The van der Waals surface area contributed by atoms with Gasteiger partial charge in [0.1, 0.15) is 17.9 Å². The molecule has 0 radical (unpaired) electrons. The molecule has 6 nitrogen and oxygen atoms in total. The fourth-order valence-corrected chi connectivity index (χ4v) is 6.59. The number of alkyl halides is 1. The van der Waals surface area contributed by atoms with Crippen LogP contribution in [0.1, 0.15) is 64.2 Å². The zero-order valence-electron chi connectivity index (χ0n) is 16.5. The zero-order valence-corrected chi connectivity index (χ0v) is 16.5. The summed E-state index contributed by atoms with van der Waals surface area (Å²) >= 11 is 0. The Bertz CT molecular complexity index is 638. The van der Waals surface area contributed by atoms with Crippen molar-refractivity contribution in [3.63, 3.8) is 0 Å². The van der Waals surface area contributed by atoms with Crippen molar-refractivity contribution in [3.8, 4) is 0 Å². The third-order valence-electron chi connectivity index (χ3n) is 8.11. The average Bonchev–Trinajstić information content (AvgIpc) is 3.37. The molecule has 5 aliphatic rings. The summed E-state index contributed by atoms with van der Waals surface area (Å²) in [6, 6.07) is -0.261. The number of halogens is 1. The van der Waals surface area contributed by atoms with Crippen LogP contribution >= 0.6 is 0 Å². The molecule has 2 N–H and O–H groups in total. The highest BCUT2D eigenvalue weighted by molar-refractivity contribution is 6.07. The number of hydrogen-bond acceptors (Lipinski definition) is 4. The Morgan fingerprint density at radius 3 is 2.64 bits per heavy atom. The first kappa shape index (κ1) is 18.8. The van der Waals surface area contributed by atoms with Gasteiger partial charge in [0.05, 0.1) is 12.6 Å². The van der Waals surface area contributed by atoms with E-state index in [1.807, 2.05) is 0 Å². The monoisotopic (exact) mass is 393 g/mol. The van der Waals surface area contributed by atoms with Crippen LogP contribution in [-0.4, -0.2) is 54.0 Å². The van der Waals surface area contributed by atoms with Gasteiger partial charge >= 0.3 is 6.03 Å². The molecule has 2 heterocycles. The van der Waals surface area contributed by atoms with Gasteiger partial charge in [-0.25, -0.2) is 9.18 Å². The minimum atomic E-state index is -0.668. The van der Waals surface area contributed by atoms with E-state index in [1.165, 1.54) is 17.7 Å². The second-order valence-corrected chi connectivity index (χ2v) is 9.59. The summed E-state index contributed by atoms with van der Waals surface area (Å²) in [4.78, 5) is 27.4. The number of urea groups is 1. The van der Waals surface area contributed by atoms with Crippen LogP contribution in [0.4, 0.5) is 9.18 Å². The van der Waals surface area contributed by atoms with E-state index in [-0.39, 0.29) is 30.8 Å². The van der Waals surface area contributed by atoms with E-state index in [9.17, 15) is 14.0 Å². The highest BCUT2D eigenvalue weighted by Crippen LogP contribution is 2.50. The average molecular weight is 394 g/mol. The summed E-state index contributed by atoms with van der Waals surface area (Å²) in [5.41, 5.74) is -0.667. The van der Waals surface area contributed by atoms with E-state index in [1.54, 1.807) is 0 Å². The highest BCUT2D eigenvalue weighted by atomic mass is 19.1. The van der Waals surface area contributed by atoms with Crippen LogP contribution in [0.15, 0.2) is 0 Å².